The predicted octanol–water partition coefficient (Wildman–Crippen LogP) is 4.12. The third-order valence-corrected chi connectivity index (χ3v) is 5.53. The average molecular weight is 347 g/mol. The van der Waals surface area contributed by atoms with Gasteiger partial charge in [0.25, 0.3) is 0 Å². The van der Waals surface area contributed by atoms with Crippen LogP contribution in [-0.2, 0) is 12.7 Å². The second-order valence-electron chi connectivity index (χ2n) is 7.16. The van der Waals surface area contributed by atoms with Crippen molar-refractivity contribution in [2.45, 2.75) is 31.5 Å². The van der Waals surface area contributed by atoms with Crippen LogP contribution in [0.15, 0.2) is 42.9 Å². The van der Waals surface area contributed by atoms with Gasteiger partial charge in [0.2, 0.25) is 0 Å². The van der Waals surface area contributed by atoms with Gasteiger partial charge in [-0.15, -0.1) is 0 Å². The average Bonchev–Trinajstić information content (AvgIpc) is 3.13. The summed E-state index contributed by atoms with van der Waals surface area (Å²) < 4.78 is 39.8. The van der Waals surface area contributed by atoms with Crippen molar-refractivity contribution in [1.82, 2.24) is 14.9 Å². The molecule has 0 unspecified atom stereocenters. The van der Waals surface area contributed by atoms with Crippen LogP contribution in [0.1, 0.15) is 35.6 Å². The smallest absolute Gasteiger partial charge is 0.297 e. The Labute approximate surface area is 144 Å². The van der Waals surface area contributed by atoms with Crippen LogP contribution in [0.25, 0.3) is 0 Å². The first-order valence-corrected chi connectivity index (χ1v) is 8.64. The molecule has 0 radical (unpaired) electrons. The highest BCUT2D eigenvalue weighted by Crippen LogP contribution is 2.48. The zero-order chi connectivity index (χ0) is 17.4. The summed E-state index contributed by atoms with van der Waals surface area (Å²) in [4.78, 5) is 10.7. The van der Waals surface area contributed by atoms with Crippen molar-refractivity contribution < 1.29 is 13.2 Å². The van der Waals surface area contributed by atoms with Crippen LogP contribution in [0, 0.1) is 11.8 Å². The van der Waals surface area contributed by atoms with Gasteiger partial charge in [-0.05, 0) is 42.2 Å². The summed E-state index contributed by atoms with van der Waals surface area (Å²) in [5.41, 5.74) is 0.961. The summed E-state index contributed by atoms with van der Waals surface area (Å²) in [6, 6.07) is 6.07. The SMILES string of the molecule is FC(F)(F)c1ccccc1[C@@H]1C[C@@H]2CN(Cc3cnccn3)C[C@@H]2C1. The Morgan fingerprint density at radius 1 is 1.04 bits per heavy atom. The lowest BCUT2D eigenvalue weighted by molar-refractivity contribution is -0.138. The van der Waals surface area contributed by atoms with Crippen molar-refractivity contribution in [3.63, 3.8) is 0 Å². The number of halogens is 3. The first-order chi connectivity index (χ1) is 12.0. The Kier molecular flexibility index (Phi) is 4.23. The van der Waals surface area contributed by atoms with Gasteiger partial charge >= 0.3 is 6.18 Å². The summed E-state index contributed by atoms with van der Waals surface area (Å²) in [5.74, 6) is 0.970. The van der Waals surface area contributed by atoms with Gasteiger partial charge in [0, 0.05) is 38.2 Å². The molecule has 3 atom stereocenters. The molecule has 0 amide bonds. The summed E-state index contributed by atoms with van der Waals surface area (Å²) in [6.07, 6.45) is 2.54. The molecule has 25 heavy (non-hydrogen) atoms. The Morgan fingerprint density at radius 3 is 2.40 bits per heavy atom. The number of fused-ring (bicyclic) bond motifs is 1. The van der Waals surface area contributed by atoms with Crippen molar-refractivity contribution in [3.05, 3.63) is 59.7 Å². The Bertz CT molecular complexity index is 718. The van der Waals surface area contributed by atoms with Gasteiger partial charge < -0.3 is 0 Å². The molecular weight excluding hydrogens is 327 g/mol. The van der Waals surface area contributed by atoms with Crippen molar-refractivity contribution in [2.75, 3.05) is 13.1 Å². The third-order valence-electron chi connectivity index (χ3n) is 5.53. The van der Waals surface area contributed by atoms with Crippen LogP contribution in [0.5, 0.6) is 0 Å². The van der Waals surface area contributed by atoms with E-state index in [4.69, 9.17) is 0 Å². The molecule has 0 bridgehead atoms. The first-order valence-electron chi connectivity index (χ1n) is 8.64. The highest BCUT2D eigenvalue weighted by atomic mass is 19.4. The molecule has 2 aliphatic rings. The molecular formula is C19H20F3N3. The van der Waals surface area contributed by atoms with Crippen molar-refractivity contribution in [1.29, 1.82) is 0 Å². The van der Waals surface area contributed by atoms with E-state index in [-0.39, 0.29) is 5.92 Å². The third kappa shape index (κ3) is 3.40. The number of rotatable bonds is 3. The molecule has 1 saturated heterocycles. The zero-order valence-electron chi connectivity index (χ0n) is 13.8. The van der Waals surface area contributed by atoms with Gasteiger partial charge in [-0.1, -0.05) is 18.2 Å². The molecule has 6 heteroatoms. The number of likely N-dealkylation sites (tertiary alicyclic amines) is 1. The van der Waals surface area contributed by atoms with E-state index in [1.807, 2.05) is 0 Å². The second kappa shape index (κ2) is 6.41. The summed E-state index contributed by atoms with van der Waals surface area (Å²) in [5, 5.41) is 0. The molecule has 2 aromatic rings. The van der Waals surface area contributed by atoms with E-state index < -0.39 is 11.7 Å². The molecule has 3 nitrogen and oxygen atoms in total. The molecule has 1 aliphatic carbocycles. The van der Waals surface area contributed by atoms with Crippen LogP contribution in [0.3, 0.4) is 0 Å². The van der Waals surface area contributed by atoms with E-state index in [9.17, 15) is 13.2 Å². The lowest BCUT2D eigenvalue weighted by Gasteiger charge is -2.21. The fraction of sp³-hybridized carbons (Fsp3) is 0.474. The number of hydrogen-bond donors (Lipinski definition) is 0. The standard InChI is InChI=1S/C19H20F3N3/c20-19(21,22)18-4-2-1-3-17(18)13-7-14-10-25(11-15(14)8-13)12-16-9-23-5-6-24-16/h1-6,9,13-15H,7-8,10-12H2/t13-,14-,15+. The van der Waals surface area contributed by atoms with Crippen LogP contribution in [0.2, 0.25) is 0 Å². The second-order valence-corrected chi connectivity index (χ2v) is 7.16. The minimum Gasteiger partial charge on any atom is -0.297 e. The Balaban J connectivity index is 1.43. The molecule has 132 valence electrons. The fourth-order valence-corrected chi connectivity index (χ4v) is 4.53. The topological polar surface area (TPSA) is 29.0 Å². The maximum atomic E-state index is 13.3. The van der Waals surface area contributed by atoms with Gasteiger partial charge in [0.15, 0.2) is 0 Å². The largest absolute Gasteiger partial charge is 0.416 e. The summed E-state index contributed by atoms with van der Waals surface area (Å²) >= 11 is 0. The predicted molar refractivity (Wildman–Crippen MR) is 87.7 cm³/mol. The number of nitrogens with zero attached hydrogens (tertiary/aromatic N) is 3. The van der Waals surface area contributed by atoms with Crippen molar-refractivity contribution in [3.8, 4) is 0 Å². The number of aromatic nitrogens is 2. The van der Waals surface area contributed by atoms with E-state index in [1.54, 1.807) is 30.7 Å². The quantitative estimate of drug-likeness (QED) is 0.836. The molecule has 1 aromatic heterocycles. The zero-order valence-corrected chi connectivity index (χ0v) is 13.8. The van der Waals surface area contributed by atoms with E-state index in [0.717, 1.165) is 38.2 Å². The minimum atomic E-state index is -4.27. The number of benzene rings is 1. The summed E-state index contributed by atoms with van der Waals surface area (Å²) in [6.45, 7) is 2.64. The van der Waals surface area contributed by atoms with Crippen molar-refractivity contribution in [2.24, 2.45) is 11.8 Å². The molecule has 2 heterocycles. The maximum absolute atomic E-state index is 13.3. The molecule has 1 saturated carbocycles. The van der Waals surface area contributed by atoms with E-state index in [2.05, 4.69) is 14.9 Å². The normalized spacial score (nSPS) is 26.8. The van der Waals surface area contributed by atoms with Gasteiger partial charge in [0.05, 0.1) is 11.3 Å². The number of alkyl halides is 3. The lowest BCUT2D eigenvalue weighted by atomic mass is 9.91. The van der Waals surface area contributed by atoms with Gasteiger partial charge in [-0.25, -0.2) is 0 Å². The van der Waals surface area contributed by atoms with Gasteiger partial charge in [-0.2, -0.15) is 13.2 Å². The molecule has 4 rings (SSSR count). The van der Waals surface area contributed by atoms with Crippen LogP contribution in [0.4, 0.5) is 13.2 Å². The monoisotopic (exact) mass is 347 g/mol. The van der Waals surface area contributed by atoms with Crippen LogP contribution in [-0.4, -0.2) is 28.0 Å². The molecule has 1 aliphatic heterocycles. The number of hydrogen-bond acceptors (Lipinski definition) is 3. The fourth-order valence-electron chi connectivity index (χ4n) is 4.53. The van der Waals surface area contributed by atoms with E-state index in [0.29, 0.717) is 17.4 Å². The summed E-state index contributed by atoms with van der Waals surface area (Å²) in [7, 11) is 0. The molecule has 2 fully saturated rings. The Morgan fingerprint density at radius 2 is 1.76 bits per heavy atom. The van der Waals surface area contributed by atoms with Crippen LogP contribution >= 0.6 is 0 Å². The highest BCUT2D eigenvalue weighted by Gasteiger charge is 2.43. The highest BCUT2D eigenvalue weighted by molar-refractivity contribution is 5.34. The van der Waals surface area contributed by atoms with Crippen molar-refractivity contribution >= 4 is 0 Å². The Hall–Kier alpha value is -1.95. The molecule has 0 N–H and O–H groups in total. The molecule has 1 aromatic carbocycles. The van der Waals surface area contributed by atoms with Crippen LogP contribution < -0.4 is 0 Å². The first kappa shape index (κ1) is 16.5. The minimum absolute atomic E-state index is 0.0199. The maximum Gasteiger partial charge on any atom is 0.416 e. The van der Waals surface area contributed by atoms with Gasteiger partial charge in [-0.3, -0.25) is 14.9 Å². The van der Waals surface area contributed by atoms with Gasteiger partial charge in [0.1, 0.15) is 0 Å². The van der Waals surface area contributed by atoms with E-state index >= 15 is 0 Å². The van der Waals surface area contributed by atoms with E-state index in [1.165, 1.54) is 12.1 Å². The molecule has 0 spiro atoms. The lowest BCUT2D eigenvalue weighted by Crippen LogP contribution is -2.22.